The minimum absolute atomic E-state index is 0.268. The maximum Gasteiger partial charge on any atom is 0.161 e. The number of ether oxygens (including phenoxy) is 2. The van der Waals surface area contributed by atoms with Gasteiger partial charge in [0.15, 0.2) is 11.5 Å². The first-order valence-corrected chi connectivity index (χ1v) is 9.20. The molecule has 1 N–H and O–H groups in total. The zero-order chi connectivity index (χ0) is 16.8. The summed E-state index contributed by atoms with van der Waals surface area (Å²) < 4.78 is 11.8. The Morgan fingerprint density at radius 2 is 2.00 bits per heavy atom. The van der Waals surface area contributed by atoms with Gasteiger partial charge in [0.05, 0.1) is 7.11 Å². The molecule has 1 aromatic carbocycles. The lowest BCUT2D eigenvalue weighted by Gasteiger charge is -2.30. The van der Waals surface area contributed by atoms with Gasteiger partial charge in [-0.2, -0.15) is 0 Å². The van der Waals surface area contributed by atoms with Gasteiger partial charge in [0.25, 0.3) is 0 Å². The van der Waals surface area contributed by atoms with E-state index in [0.717, 1.165) is 63.6 Å². The van der Waals surface area contributed by atoms with Gasteiger partial charge in [-0.1, -0.05) is 6.07 Å². The van der Waals surface area contributed by atoms with Crippen molar-refractivity contribution in [1.82, 2.24) is 15.1 Å². The molecule has 1 atom stereocenters. The quantitative estimate of drug-likeness (QED) is 0.856. The fourth-order valence-electron chi connectivity index (χ4n) is 3.58. The Bertz CT molecular complexity index is 517. The van der Waals surface area contributed by atoms with Gasteiger partial charge in [0.1, 0.15) is 6.10 Å². The van der Waals surface area contributed by atoms with Crippen LogP contribution >= 0.6 is 0 Å². The molecule has 0 radical (unpaired) electrons. The van der Waals surface area contributed by atoms with E-state index in [4.69, 9.17) is 9.47 Å². The number of piperazine rings is 1. The van der Waals surface area contributed by atoms with Crippen LogP contribution in [0.3, 0.4) is 0 Å². The SMILES string of the molecule is COc1cc(CCN2CCNCC2)ccc1OC1CCCN(C)C1. The van der Waals surface area contributed by atoms with Crippen LogP contribution in [0.1, 0.15) is 18.4 Å². The fourth-order valence-corrected chi connectivity index (χ4v) is 3.58. The standard InChI is InChI=1S/C19H31N3O2/c1-21-10-3-4-17(15-21)24-18-6-5-16(14-19(18)23-2)7-11-22-12-8-20-9-13-22/h5-6,14,17,20H,3-4,7-13,15H2,1-2H3. The summed E-state index contributed by atoms with van der Waals surface area (Å²) in [6, 6.07) is 6.41. The van der Waals surface area contributed by atoms with Gasteiger partial charge < -0.3 is 24.6 Å². The summed E-state index contributed by atoms with van der Waals surface area (Å²) in [7, 11) is 3.89. The summed E-state index contributed by atoms with van der Waals surface area (Å²) in [5.74, 6) is 1.74. The highest BCUT2D eigenvalue weighted by Crippen LogP contribution is 2.30. The number of likely N-dealkylation sites (N-methyl/N-ethyl adjacent to an activating group) is 1. The number of hydrogen-bond donors (Lipinski definition) is 1. The molecule has 134 valence electrons. The Morgan fingerprint density at radius 3 is 2.75 bits per heavy atom. The number of nitrogens with one attached hydrogen (secondary N) is 1. The first kappa shape index (κ1) is 17.5. The van der Waals surface area contributed by atoms with Crippen LogP contribution < -0.4 is 14.8 Å². The average Bonchev–Trinajstić information content (AvgIpc) is 2.62. The van der Waals surface area contributed by atoms with Gasteiger partial charge in [0.2, 0.25) is 0 Å². The smallest absolute Gasteiger partial charge is 0.161 e. The lowest BCUT2D eigenvalue weighted by molar-refractivity contribution is 0.101. The second-order valence-corrected chi connectivity index (χ2v) is 6.97. The molecule has 2 aliphatic rings. The molecule has 2 fully saturated rings. The van der Waals surface area contributed by atoms with Crippen LogP contribution in [-0.2, 0) is 6.42 Å². The summed E-state index contributed by atoms with van der Waals surface area (Å²) >= 11 is 0. The van der Waals surface area contributed by atoms with Gasteiger partial charge >= 0.3 is 0 Å². The highest BCUT2D eigenvalue weighted by atomic mass is 16.5. The van der Waals surface area contributed by atoms with Gasteiger partial charge in [-0.25, -0.2) is 0 Å². The summed E-state index contributed by atoms with van der Waals surface area (Å²) in [4.78, 5) is 4.85. The van der Waals surface area contributed by atoms with Crippen molar-refractivity contribution in [1.29, 1.82) is 0 Å². The molecule has 0 amide bonds. The summed E-state index contributed by atoms with van der Waals surface area (Å²) in [6.45, 7) is 7.77. The van der Waals surface area contributed by atoms with Gasteiger partial charge in [-0.15, -0.1) is 0 Å². The predicted octanol–water partition coefficient (Wildman–Crippen LogP) is 1.62. The molecule has 1 aromatic rings. The molecular weight excluding hydrogens is 302 g/mol. The van der Waals surface area contributed by atoms with E-state index in [-0.39, 0.29) is 6.10 Å². The zero-order valence-corrected chi connectivity index (χ0v) is 15.1. The minimum Gasteiger partial charge on any atom is -0.493 e. The Labute approximate surface area is 145 Å². The Kier molecular flexibility index (Phi) is 6.35. The molecule has 0 saturated carbocycles. The van der Waals surface area contributed by atoms with E-state index < -0.39 is 0 Å². The lowest BCUT2D eigenvalue weighted by atomic mass is 10.1. The van der Waals surface area contributed by atoms with Crippen molar-refractivity contribution in [2.75, 3.05) is 60.0 Å². The first-order chi connectivity index (χ1) is 11.7. The minimum atomic E-state index is 0.268. The summed E-state index contributed by atoms with van der Waals surface area (Å²) in [5, 5.41) is 3.40. The van der Waals surface area contributed by atoms with E-state index in [1.807, 2.05) is 0 Å². The molecule has 24 heavy (non-hydrogen) atoms. The molecular formula is C19H31N3O2. The third-order valence-corrected chi connectivity index (χ3v) is 5.03. The molecule has 5 nitrogen and oxygen atoms in total. The van der Waals surface area contributed by atoms with Crippen molar-refractivity contribution in [3.05, 3.63) is 23.8 Å². The van der Waals surface area contributed by atoms with Crippen LogP contribution in [-0.4, -0.2) is 75.9 Å². The topological polar surface area (TPSA) is 37.0 Å². The molecule has 0 bridgehead atoms. The normalized spacial score (nSPS) is 23.2. The van der Waals surface area contributed by atoms with E-state index in [2.05, 4.69) is 40.4 Å². The molecule has 0 spiro atoms. The van der Waals surface area contributed by atoms with Crippen LogP contribution in [0.2, 0.25) is 0 Å². The summed E-state index contributed by atoms with van der Waals surface area (Å²) in [6.07, 6.45) is 3.65. The maximum atomic E-state index is 6.21. The molecule has 2 saturated heterocycles. The van der Waals surface area contributed by atoms with Crippen molar-refractivity contribution in [3.63, 3.8) is 0 Å². The number of methoxy groups -OCH3 is 1. The van der Waals surface area contributed by atoms with E-state index in [1.54, 1.807) is 7.11 Å². The first-order valence-electron chi connectivity index (χ1n) is 9.20. The largest absolute Gasteiger partial charge is 0.493 e. The molecule has 2 heterocycles. The Morgan fingerprint density at radius 1 is 1.17 bits per heavy atom. The van der Waals surface area contributed by atoms with Crippen LogP contribution in [0.15, 0.2) is 18.2 Å². The number of rotatable bonds is 6. The van der Waals surface area contributed by atoms with E-state index in [0.29, 0.717) is 0 Å². The monoisotopic (exact) mass is 333 g/mol. The van der Waals surface area contributed by atoms with Crippen LogP contribution in [0.5, 0.6) is 11.5 Å². The molecule has 0 aromatic heterocycles. The molecule has 1 unspecified atom stereocenters. The number of hydrogen-bond acceptors (Lipinski definition) is 5. The van der Waals surface area contributed by atoms with E-state index in [9.17, 15) is 0 Å². The van der Waals surface area contributed by atoms with Crippen molar-refractivity contribution in [2.24, 2.45) is 0 Å². The van der Waals surface area contributed by atoms with Gasteiger partial charge in [-0.05, 0) is 50.6 Å². The summed E-state index contributed by atoms with van der Waals surface area (Å²) in [5.41, 5.74) is 1.32. The van der Waals surface area contributed by atoms with Crippen molar-refractivity contribution in [2.45, 2.75) is 25.4 Å². The van der Waals surface area contributed by atoms with Crippen molar-refractivity contribution >= 4 is 0 Å². The van der Waals surface area contributed by atoms with Gasteiger partial charge in [-0.3, -0.25) is 0 Å². The molecule has 5 heteroatoms. The predicted molar refractivity (Wildman–Crippen MR) is 97.2 cm³/mol. The highest BCUT2D eigenvalue weighted by Gasteiger charge is 2.20. The molecule has 0 aliphatic carbocycles. The molecule has 3 rings (SSSR count). The second-order valence-electron chi connectivity index (χ2n) is 6.97. The highest BCUT2D eigenvalue weighted by molar-refractivity contribution is 5.43. The number of nitrogens with zero attached hydrogens (tertiary/aromatic N) is 2. The Balaban J connectivity index is 1.57. The Hall–Kier alpha value is -1.30. The van der Waals surface area contributed by atoms with Crippen LogP contribution in [0, 0.1) is 0 Å². The number of benzene rings is 1. The van der Waals surface area contributed by atoms with Crippen LogP contribution in [0.4, 0.5) is 0 Å². The molecule has 2 aliphatic heterocycles. The second kappa shape index (κ2) is 8.70. The average molecular weight is 333 g/mol. The van der Waals surface area contributed by atoms with Crippen molar-refractivity contribution < 1.29 is 9.47 Å². The van der Waals surface area contributed by atoms with Crippen LogP contribution in [0.25, 0.3) is 0 Å². The zero-order valence-electron chi connectivity index (χ0n) is 15.1. The van der Waals surface area contributed by atoms with E-state index >= 15 is 0 Å². The van der Waals surface area contributed by atoms with E-state index in [1.165, 1.54) is 18.5 Å². The number of piperidine rings is 1. The maximum absolute atomic E-state index is 6.21. The van der Waals surface area contributed by atoms with Crippen molar-refractivity contribution in [3.8, 4) is 11.5 Å². The third-order valence-electron chi connectivity index (χ3n) is 5.03. The van der Waals surface area contributed by atoms with Gasteiger partial charge in [0, 0.05) is 39.3 Å². The number of likely N-dealkylation sites (tertiary alicyclic amines) is 1. The fraction of sp³-hybridized carbons (Fsp3) is 0.684. The lowest BCUT2D eigenvalue weighted by Crippen LogP contribution is -2.44. The third kappa shape index (κ3) is 4.85.